The van der Waals surface area contributed by atoms with E-state index < -0.39 is 17.8 Å². The van der Waals surface area contributed by atoms with Crippen molar-refractivity contribution in [3.63, 3.8) is 0 Å². The third kappa shape index (κ3) is 2.60. The topological polar surface area (TPSA) is 26.0 Å². The molecule has 4 heteroatoms. The molecule has 0 unspecified atom stereocenters. The van der Waals surface area contributed by atoms with Gasteiger partial charge < -0.3 is 5.73 Å². The van der Waals surface area contributed by atoms with Crippen molar-refractivity contribution in [3.05, 3.63) is 41.2 Å². The monoisotopic (exact) mass is 201 g/mol. The first-order valence-electron chi connectivity index (χ1n) is 4.09. The lowest BCUT2D eigenvalue weighted by molar-refractivity contribution is 0.146. The Morgan fingerprint density at radius 1 is 1.36 bits per heavy atom. The maximum absolute atomic E-state index is 13.0. The summed E-state index contributed by atoms with van der Waals surface area (Å²) in [4.78, 5) is 0. The molecular weight excluding hydrogens is 191 g/mol. The molecule has 0 bridgehead atoms. The summed E-state index contributed by atoms with van der Waals surface area (Å²) in [6.07, 6.45) is 0.428. The van der Waals surface area contributed by atoms with Gasteiger partial charge in [-0.25, -0.2) is 13.2 Å². The standard InChI is InChI=1S/C10H10F3N/c11-9-6-7(2-1-5-14)3-4-8(9)10(12)13/h1-4,6,10H,5,14H2/b2-1+. The van der Waals surface area contributed by atoms with Crippen LogP contribution in [0, 0.1) is 5.82 Å². The number of nitrogens with two attached hydrogens (primary N) is 1. The molecule has 0 saturated heterocycles. The highest BCUT2D eigenvalue weighted by molar-refractivity contribution is 5.50. The normalized spacial score (nSPS) is 11.5. The second kappa shape index (κ2) is 4.81. The Morgan fingerprint density at radius 3 is 2.57 bits per heavy atom. The number of alkyl halides is 2. The Balaban J connectivity index is 2.94. The predicted octanol–water partition coefficient (Wildman–Crippen LogP) is 2.74. The van der Waals surface area contributed by atoms with E-state index in [2.05, 4.69) is 0 Å². The Bertz CT molecular complexity index is 334. The molecule has 0 spiro atoms. The minimum absolute atomic E-state index is 0.332. The van der Waals surface area contributed by atoms with Gasteiger partial charge in [0.25, 0.3) is 6.43 Å². The molecule has 14 heavy (non-hydrogen) atoms. The molecule has 0 saturated carbocycles. The summed E-state index contributed by atoms with van der Waals surface area (Å²) in [7, 11) is 0. The van der Waals surface area contributed by atoms with Crippen molar-refractivity contribution in [3.8, 4) is 0 Å². The molecule has 0 heterocycles. The van der Waals surface area contributed by atoms with Crippen LogP contribution in [0.1, 0.15) is 17.6 Å². The van der Waals surface area contributed by atoms with Gasteiger partial charge in [-0.1, -0.05) is 18.2 Å². The van der Waals surface area contributed by atoms with E-state index in [0.29, 0.717) is 12.1 Å². The van der Waals surface area contributed by atoms with Crippen LogP contribution in [0.5, 0.6) is 0 Å². The van der Waals surface area contributed by atoms with Gasteiger partial charge in [-0.15, -0.1) is 0 Å². The van der Waals surface area contributed by atoms with E-state index >= 15 is 0 Å². The predicted molar refractivity (Wildman–Crippen MR) is 49.4 cm³/mol. The lowest BCUT2D eigenvalue weighted by Crippen LogP contribution is -1.93. The average Bonchev–Trinajstić information content (AvgIpc) is 2.14. The van der Waals surface area contributed by atoms with Crippen molar-refractivity contribution in [2.75, 3.05) is 6.54 Å². The van der Waals surface area contributed by atoms with Crippen LogP contribution < -0.4 is 5.73 Å². The molecule has 0 fully saturated rings. The second-order valence-corrected chi connectivity index (χ2v) is 2.72. The smallest absolute Gasteiger partial charge is 0.266 e. The van der Waals surface area contributed by atoms with Crippen molar-refractivity contribution in [1.82, 2.24) is 0 Å². The van der Waals surface area contributed by atoms with Crippen molar-refractivity contribution in [2.24, 2.45) is 5.73 Å². The number of hydrogen-bond acceptors (Lipinski definition) is 1. The van der Waals surface area contributed by atoms with Crippen LogP contribution in [0.3, 0.4) is 0 Å². The van der Waals surface area contributed by atoms with Crippen LogP contribution in [0.15, 0.2) is 24.3 Å². The molecule has 0 aromatic heterocycles. The highest BCUT2D eigenvalue weighted by Gasteiger charge is 2.12. The summed E-state index contributed by atoms with van der Waals surface area (Å²) in [5, 5.41) is 0. The van der Waals surface area contributed by atoms with Gasteiger partial charge in [0.15, 0.2) is 0 Å². The fraction of sp³-hybridized carbons (Fsp3) is 0.200. The van der Waals surface area contributed by atoms with Crippen molar-refractivity contribution < 1.29 is 13.2 Å². The van der Waals surface area contributed by atoms with Crippen LogP contribution >= 0.6 is 0 Å². The van der Waals surface area contributed by atoms with Crippen molar-refractivity contribution in [2.45, 2.75) is 6.43 Å². The molecule has 76 valence electrons. The number of halogens is 3. The number of hydrogen-bond donors (Lipinski definition) is 1. The molecule has 0 atom stereocenters. The summed E-state index contributed by atoms with van der Waals surface area (Å²) >= 11 is 0. The van der Waals surface area contributed by atoms with Gasteiger partial charge in [-0.2, -0.15) is 0 Å². The maximum atomic E-state index is 13.0. The zero-order chi connectivity index (χ0) is 10.6. The molecular formula is C10H10F3N. The summed E-state index contributed by atoms with van der Waals surface area (Å²) in [5.74, 6) is -0.890. The Morgan fingerprint density at radius 2 is 2.07 bits per heavy atom. The molecule has 0 aliphatic rings. The minimum atomic E-state index is -2.78. The Hall–Kier alpha value is -1.29. The highest BCUT2D eigenvalue weighted by atomic mass is 19.3. The lowest BCUT2D eigenvalue weighted by Gasteiger charge is -2.02. The molecule has 0 radical (unpaired) electrons. The van der Waals surface area contributed by atoms with Crippen molar-refractivity contribution >= 4 is 6.08 Å². The maximum Gasteiger partial charge on any atom is 0.266 e. The summed E-state index contributed by atoms with van der Waals surface area (Å²) in [5.41, 5.74) is 5.14. The molecule has 0 amide bonds. The van der Waals surface area contributed by atoms with Gasteiger partial charge in [0, 0.05) is 6.54 Å². The first-order chi connectivity index (χ1) is 6.65. The summed E-state index contributed by atoms with van der Waals surface area (Å²) in [6.45, 7) is 0.332. The van der Waals surface area contributed by atoms with Gasteiger partial charge >= 0.3 is 0 Å². The minimum Gasteiger partial charge on any atom is -0.327 e. The Kier molecular flexibility index (Phi) is 3.71. The molecule has 1 aromatic rings. The van der Waals surface area contributed by atoms with Crippen molar-refractivity contribution in [1.29, 1.82) is 0 Å². The Labute approximate surface area is 80.0 Å². The molecule has 0 aliphatic carbocycles. The van der Waals surface area contributed by atoms with E-state index in [0.717, 1.165) is 12.1 Å². The highest BCUT2D eigenvalue weighted by Crippen LogP contribution is 2.22. The third-order valence-electron chi connectivity index (χ3n) is 1.71. The van der Waals surface area contributed by atoms with Gasteiger partial charge in [-0.05, 0) is 17.7 Å². The molecule has 0 aliphatic heterocycles. The van der Waals surface area contributed by atoms with E-state index in [-0.39, 0.29) is 0 Å². The first kappa shape index (κ1) is 10.8. The van der Waals surface area contributed by atoms with Gasteiger partial charge in [0.05, 0.1) is 5.56 Å². The molecule has 1 aromatic carbocycles. The molecule has 1 nitrogen and oxygen atoms in total. The number of benzene rings is 1. The quantitative estimate of drug-likeness (QED) is 0.799. The third-order valence-corrected chi connectivity index (χ3v) is 1.71. The summed E-state index contributed by atoms with van der Waals surface area (Å²) < 4.78 is 37.3. The SMILES string of the molecule is NC/C=C/c1ccc(C(F)F)c(F)c1. The first-order valence-corrected chi connectivity index (χ1v) is 4.09. The van der Waals surface area contributed by atoms with Crippen LogP contribution in [-0.2, 0) is 0 Å². The fourth-order valence-corrected chi connectivity index (χ4v) is 1.03. The van der Waals surface area contributed by atoms with Crippen LogP contribution in [0.4, 0.5) is 13.2 Å². The van der Waals surface area contributed by atoms with Crippen LogP contribution in [0.2, 0.25) is 0 Å². The van der Waals surface area contributed by atoms with E-state index in [9.17, 15) is 13.2 Å². The van der Waals surface area contributed by atoms with E-state index in [4.69, 9.17) is 5.73 Å². The van der Waals surface area contributed by atoms with Gasteiger partial charge in [0.2, 0.25) is 0 Å². The van der Waals surface area contributed by atoms with E-state index in [1.807, 2.05) is 0 Å². The summed E-state index contributed by atoms with van der Waals surface area (Å²) in [6, 6.07) is 3.57. The van der Waals surface area contributed by atoms with Gasteiger partial charge in [0.1, 0.15) is 5.82 Å². The number of rotatable bonds is 3. The zero-order valence-corrected chi connectivity index (χ0v) is 7.38. The van der Waals surface area contributed by atoms with Gasteiger partial charge in [-0.3, -0.25) is 0 Å². The molecule has 1 rings (SSSR count). The fourth-order valence-electron chi connectivity index (χ4n) is 1.03. The van der Waals surface area contributed by atoms with E-state index in [1.165, 1.54) is 6.07 Å². The lowest BCUT2D eigenvalue weighted by atomic mass is 10.1. The zero-order valence-electron chi connectivity index (χ0n) is 7.38. The molecule has 2 N–H and O–H groups in total. The largest absolute Gasteiger partial charge is 0.327 e. The van der Waals surface area contributed by atoms with Crippen LogP contribution in [0.25, 0.3) is 6.08 Å². The average molecular weight is 201 g/mol. The van der Waals surface area contributed by atoms with E-state index in [1.54, 1.807) is 12.2 Å². The van der Waals surface area contributed by atoms with Crippen LogP contribution in [-0.4, -0.2) is 6.54 Å². The second-order valence-electron chi connectivity index (χ2n) is 2.72.